The van der Waals surface area contributed by atoms with E-state index in [0.29, 0.717) is 18.8 Å². The van der Waals surface area contributed by atoms with Gasteiger partial charge in [-0.25, -0.2) is 4.79 Å². The van der Waals surface area contributed by atoms with Crippen molar-refractivity contribution in [3.05, 3.63) is 29.3 Å². The van der Waals surface area contributed by atoms with Gasteiger partial charge in [-0.1, -0.05) is 6.07 Å². The predicted molar refractivity (Wildman–Crippen MR) is 73.3 cm³/mol. The van der Waals surface area contributed by atoms with Crippen LogP contribution in [-0.2, 0) is 12.8 Å². The van der Waals surface area contributed by atoms with Crippen molar-refractivity contribution < 1.29 is 9.53 Å². The lowest BCUT2D eigenvalue weighted by Crippen LogP contribution is -2.34. The van der Waals surface area contributed by atoms with Gasteiger partial charge in [0.15, 0.2) is 0 Å². The maximum atomic E-state index is 12.0. The number of ether oxygens (including phenoxy) is 1. The predicted octanol–water partition coefficient (Wildman–Crippen LogP) is 2.10. The Balaban J connectivity index is 1.68. The summed E-state index contributed by atoms with van der Waals surface area (Å²) in [6, 6.07) is 6.10. The largest absolute Gasteiger partial charge is 0.415 e. The van der Waals surface area contributed by atoms with Gasteiger partial charge in [0, 0.05) is 19.1 Å². The molecule has 1 aromatic rings. The second-order valence-corrected chi connectivity index (χ2v) is 5.50. The lowest BCUT2D eigenvalue weighted by atomic mass is 9.92. The Morgan fingerprint density at radius 1 is 1.26 bits per heavy atom. The molecule has 0 spiro atoms. The standard InChI is InChI=1S/C15H20N2O2/c16-13-7-8-17(10-13)15(18)19-14-6-5-11-3-1-2-4-12(11)9-14/h5-6,9,13H,1-4,7-8,10,16H2. The number of carbonyl (C=O) groups is 1. The van der Waals surface area contributed by atoms with Crippen LogP contribution in [0.15, 0.2) is 18.2 Å². The van der Waals surface area contributed by atoms with E-state index < -0.39 is 0 Å². The highest BCUT2D eigenvalue weighted by molar-refractivity contribution is 5.71. The summed E-state index contributed by atoms with van der Waals surface area (Å²) in [5.74, 6) is 0.658. The van der Waals surface area contributed by atoms with Crippen molar-refractivity contribution in [3.63, 3.8) is 0 Å². The number of hydrogen-bond donors (Lipinski definition) is 1. The van der Waals surface area contributed by atoms with Crippen LogP contribution in [0.1, 0.15) is 30.4 Å². The van der Waals surface area contributed by atoms with Crippen LogP contribution in [0.3, 0.4) is 0 Å². The van der Waals surface area contributed by atoms with Crippen LogP contribution in [0.25, 0.3) is 0 Å². The molecular weight excluding hydrogens is 240 g/mol. The van der Waals surface area contributed by atoms with Crippen LogP contribution in [0, 0.1) is 0 Å². The van der Waals surface area contributed by atoms with E-state index in [1.807, 2.05) is 12.1 Å². The third-order valence-electron chi connectivity index (χ3n) is 4.01. The Bertz CT molecular complexity index is 487. The van der Waals surface area contributed by atoms with Gasteiger partial charge in [0.2, 0.25) is 0 Å². The molecule has 4 nitrogen and oxygen atoms in total. The van der Waals surface area contributed by atoms with Crippen molar-refractivity contribution in [2.75, 3.05) is 13.1 Å². The van der Waals surface area contributed by atoms with Crippen molar-refractivity contribution in [2.24, 2.45) is 5.73 Å². The minimum atomic E-state index is -0.274. The molecule has 1 unspecified atom stereocenters. The molecule has 19 heavy (non-hydrogen) atoms. The molecule has 2 aliphatic rings. The molecule has 1 saturated heterocycles. The van der Waals surface area contributed by atoms with Crippen LogP contribution in [0.5, 0.6) is 5.75 Å². The van der Waals surface area contributed by atoms with Gasteiger partial charge in [-0.15, -0.1) is 0 Å². The van der Waals surface area contributed by atoms with Crippen LogP contribution in [0.2, 0.25) is 0 Å². The van der Waals surface area contributed by atoms with E-state index in [9.17, 15) is 4.79 Å². The molecule has 4 heteroatoms. The quantitative estimate of drug-likeness (QED) is 0.841. The van der Waals surface area contributed by atoms with Gasteiger partial charge in [0.25, 0.3) is 0 Å². The van der Waals surface area contributed by atoms with Gasteiger partial charge in [0.05, 0.1) is 0 Å². The lowest BCUT2D eigenvalue weighted by molar-refractivity contribution is 0.162. The molecule has 0 aromatic heterocycles. The molecule has 1 aliphatic heterocycles. The fraction of sp³-hybridized carbons (Fsp3) is 0.533. The summed E-state index contributed by atoms with van der Waals surface area (Å²) in [5, 5.41) is 0. The highest BCUT2D eigenvalue weighted by atomic mass is 16.6. The monoisotopic (exact) mass is 260 g/mol. The van der Waals surface area contributed by atoms with Crippen LogP contribution in [0.4, 0.5) is 4.79 Å². The lowest BCUT2D eigenvalue weighted by Gasteiger charge is -2.18. The fourth-order valence-corrected chi connectivity index (χ4v) is 2.89. The van der Waals surface area contributed by atoms with E-state index in [2.05, 4.69) is 6.07 Å². The van der Waals surface area contributed by atoms with Crippen LogP contribution in [-0.4, -0.2) is 30.1 Å². The van der Waals surface area contributed by atoms with Crippen LogP contribution < -0.4 is 10.5 Å². The molecule has 3 rings (SSSR count). The Hall–Kier alpha value is -1.55. The Morgan fingerprint density at radius 2 is 2.05 bits per heavy atom. The topological polar surface area (TPSA) is 55.6 Å². The van der Waals surface area contributed by atoms with Gasteiger partial charge < -0.3 is 15.4 Å². The zero-order chi connectivity index (χ0) is 13.2. The molecule has 102 valence electrons. The summed E-state index contributed by atoms with van der Waals surface area (Å²) in [7, 11) is 0. The number of hydrogen-bond acceptors (Lipinski definition) is 3. The minimum absolute atomic E-state index is 0.0936. The smallest absolute Gasteiger partial charge is 0.410 e. The number of rotatable bonds is 1. The first-order valence-electron chi connectivity index (χ1n) is 7.06. The van der Waals surface area contributed by atoms with E-state index in [1.54, 1.807) is 4.90 Å². The summed E-state index contributed by atoms with van der Waals surface area (Å²) >= 11 is 0. The highest BCUT2D eigenvalue weighted by Gasteiger charge is 2.25. The summed E-state index contributed by atoms with van der Waals surface area (Å²) < 4.78 is 5.44. The molecule has 1 amide bonds. The fourth-order valence-electron chi connectivity index (χ4n) is 2.89. The first-order chi connectivity index (χ1) is 9.22. The van der Waals surface area contributed by atoms with Gasteiger partial charge >= 0.3 is 6.09 Å². The molecule has 1 aliphatic carbocycles. The van der Waals surface area contributed by atoms with Crippen molar-refractivity contribution in [1.82, 2.24) is 4.90 Å². The second kappa shape index (κ2) is 5.21. The number of benzene rings is 1. The van der Waals surface area contributed by atoms with Crippen molar-refractivity contribution in [2.45, 2.75) is 38.1 Å². The maximum absolute atomic E-state index is 12.0. The third-order valence-corrected chi connectivity index (χ3v) is 4.01. The molecule has 1 aromatic carbocycles. The first kappa shape index (κ1) is 12.5. The van der Waals surface area contributed by atoms with E-state index in [0.717, 1.165) is 19.3 Å². The molecule has 0 radical (unpaired) electrons. The highest BCUT2D eigenvalue weighted by Crippen LogP contribution is 2.25. The Labute approximate surface area is 113 Å². The normalized spacial score (nSPS) is 22.2. The Kier molecular flexibility index (Phi) is 3.42. The first-order valence-corrected chi connectivity index (χ1v) is 7.06. The van der Waals surface area contributed by atoms with E-state index in [4.69, 9.17) is 10.5 Å². The SMILES string of the molecule is NC1CCN(C(=O)Oc2ccc3c(c2)CCCC3)C1. The maximum Gasteiger partial charge on any atom is 0.415 e. The number of amides is 1. The van der Waals surface area contributed by atoms with E-state index in [1.165, 1.54) is 24.0 Å². The molecule has 0 saturated carbocycles. The molecule has 1 heterocycles. The van der Waals surface area contributed by atoms with Gasteiger partial charge in [-0.05, 0) is 55.4 Å². The van der Waals surface area contributed by atoms with Gasteiger partial charge in [0.1, 0.15) is 5.75 Å². The average molecular weight is 260 g/mol. The molecule has 1 atom stereocenters. The minimum Gasteiger partial charge on any atom is -0.410 e. The Morgan fingerprint density at radius 3 is 2.79 bits per heavy atom. The molecule has 1 fully saturated rings. The van der Waals surface area contributed by atoms with Crippen LogP contribution >= 0.6 is 0 Å². The van der Waals surface area contributed by atoms with E-state index in [-0.39, 0.29) is 12.1 Å². The summed E-state index contributed by atoms with van der Waals surface area (Å²) in [6.45, 7) is 1.30. The summed E-state index contributed by atoms with van der Waals surface area (Å²) in [6.07, 6.45) is 5.31. The number of carbonyl (C=O) groups excluding carboxylic acids is 1. The number of aryl methyl sites for hydroxylation is 2. The zero-order valence-corrected chi connectivity index (χ0v) is 11.1. The van der Waals surface area contributed by atoms with Crippen molar-refractivity contribution in [1.29, 1.82) is 0 Å². The number of fused-ring (bicyclic) bond motifs is 1. The van der Waals surface area contributed by atoms with E-state index >= 15 is 0 Å². The second-order valence-electron chi connectivity index (χ2n) is 5.50. The number of nitrogens with zero attached hydrogens (tertiary/aromatic N) is 1. The summed E-state index contributed by atoms with van der Waals surface area (Å²) in [4.78, 5) is 13.7. The molecular formula is C15H20N2O2. The van der Waals surface area contributed by atoms with Crippen molar-refractivity contribution in [3.8, 4) is 5.75 Å². The van der Waals surface area contributed by atoms with Gasteiger partial charge in [-0.2, -0.15) is 0 Å². The number of likely N-dealkylation sites (tertiary alicyclic amines) is 1. The molecule has 0 bridgehead atoms. The third kappa shape index (κ3) is 2.73. The zero-order valence-electron chi connectivity index (χ0n) is 11.1. The molecule has 2 N–H and O–H groups in total. The van der Waals surface area contributed by atoms with Gasteiger partial charge in [-0.3, -0.25) is 0 Å². The average Bonchev–Trinajstić information content (AvgIpc) is 2.85. The summed E-state index contributed by atoms with van der Waals surface area (Å²) in [5.41, 5.74) is 8.52. The number of nitrogens with two attached hydrogens (primary N) is 1. The van der Waals surface area contributed by atoms with Crippen molar-refractivity contribution >= 4 is 6.09 Å².